The van der Waals surface area contributed by atoms with Crippen LogP contribution < -0.4 is 5.32 Å². The predicted molar refractivity (Wildman–Crippen MR) is 107 cm³/mol. The third kappa shape index (κ3) is 3.07. The van der Waals surface area contributed by atoms with Gasteiger partial charge in [0.1, 0.15) is 0 Å². The molecule has 144 valence electrons. The Kier molecular flexibility index (Phi) is 4.65. The van der Waals surface area contributed by atoms with Crippen LogP contribution in [0, 0.1) is 17.8 Å². The summed E-state index contributed by atoms with van der Waals surface area (Å²) in [4.78, 5) is 13.0. The maximum atomic E-state index is 13.0. The highest BCUT2D eigenvalue weighted by Gasteiger charge is 2.41. The molecule has 5 heteroatoms. The summed E-state index contributed by atoms with van der Waals surface area (Å²) in [5.41, 5.74) is 1.72. The largest absolute Gasteiger partial charge is 0.379 e. The van der Waals surface area contributed by atoms with Crippen LogP contribution in [0.3, 0.4) is 0 Å². The predicted octanol–water partition coefficient (Wildman–Crippen LogP) is 4.81. The number of carbonyl (C=O) groups is 1. The minimum absolute atomic E-state index is 0.00465. The monoisotopic (exact) mass is 386 g/mol. The SMILES string of the molecule is O=C(NCC1C[C@@H]2CCCCC12)c1cn(C2CCOC2)c2cccc(Cl)c12. The summed E-state index contributed by atoms with van der Waals surface area (Å²) in [6.07, 6.45) is 9.73. The van der Waals surface area contributed by atoms with Crippen molar-refractivity contribution in [3.8, 4) is 0 Å². The van der Waals surface area contributed by atoms with E-state index in [-0.39, 0.29) is 11.9 Å². The zero-order valence-electron chi connectivity index (χ0n) is 15.6. The van der Waals surface area contributed by atoms with E-state index in [1.165, 1.54) is 32.1 Å². The van der Waals surface area contributed by atoms with Crippen molar-refractivity contribution in [3.63, 3.8) is 0 Å². The van der Waals surface area contributed by atoms with Crippen molar-refractivity contribution in [2.45, 2.75) is 44.6 Å². The molecule has 2 heterocycles. The highest BCUT2D eigenvalue weighted by molar-refractivity contribution is 6.36. The Morgan fingerprint density at radius 3 is 2.96 bits per heavy atom. The normalized spacial score (nSPS) is 30.1. The number of fused-ring (bicyclic) bond motifs is 2. The number of ether oxygens (including phenoxy) is 1. The standard InChI is InChI=1S/C22H27ClN2O2/c23-19-6-3-7-20-21(19)18(12-25(20)16-8-9-27-13-16)22(26)24-11-15-10-14-4-1-2-5-17(14)15/h3,6-7,12,14-17H,1-2,4-5,8-11,13H2,(H,24,26)/t14-,15?,16?,17?/m0/s1. The number of aromatic nitrogens is 1. The van der Waals surface area contributed by atoms with Gasteiger partial charge in [-0.3, -0.25) is 4.79 Å². The van der Waals surface area contributed by atoms with Gasteiger partial charge >= 0.3 is 0 Å². The number of hydrogen-bond donors (Lipinski definition) is 1. The Labute approximate surface area is 165 Å². The van der Waals surface area contributed by atoms with Crippen molar-refractivity contribution in [2.24, 2.45) is 17.8 Å². The van der Waals surface area contributed by atoms with Crippen LogP contribution in [0.1, 0.15) is 54.9 Å². The minimum atomic E-state index is 0.00465. The van der Waals surface area contributed by atoms with Gasteiger partial charge in [-0.1, -0.05) is 36.9 Å². The lowest BCUT2D eigenvalue weighted by Crippen LogP contribution is -2.45. The van der Waals surface area contributed by atoms with Crippen LogP contribution in [0.15, 0.2) is 24.4 Å². The van der Waals surface area contributed by atoms with Gasteiger partial charge in [-0.2, -0.15) is 0 Å². The van der Waals surface area contributed by atoms with Crippen LogP contribution in [0.5, 0.6) is 0 Å². The molecule has 4 nitrogen and oxygen atoms in total. The van der Waals surface area contributed by atoms with Crippen molar-refractivity contribution in [1.82, 2.24) is 9.88 Å². The van der Waals surface area contributed by atoms with Gasteiger partial charge in [0.2, 0.25) is 0 Å². The van der Waals surface area contributed by atoms with E-state index < -0.39 is 0 Å². The first-order valence-electron chi connectivity index (χ1n) is 10.4. The molecule has 5 rings (SSSR count). The quantitative estimate of drug-likeness (QED) is 0.819. The zero-order valence-corrected chi connectivity index (χ0v) is 16.4. The second-order valence-electron chi connectivity index (χ2n) is 8.52. The molecule has 1 amide bonds. The van der Waals surface area contributed by atoms with Gasteiger partial charge in [0.05, 0.1) is 28.8 Å². The van der Waals surface area contributed by atoms with Gasteiger partial charge < -0.3 is 14.6 Å². The van der Waals surface area contributed by atoms with E-state index in [4.69, 9.17) is 16.3 Å². The summed E-state index contributed by atoms with van der Waals surface area (Å²) < 4.78 is 7.74. The van der Waals surface area contributed by atoms with Crippen molar-refractivity contribution >= 4 is 28.4 Å². The van der Waals surface area contributed by atoms with E-state index >= 15 is 0 Å². The Morgan fingerprint density at radius 2 is 2.15 bits per heavy atom. The van der Waals surface area contributed by atoms with Crippen LogP contribution >= 0.6 is 11.6 Å². The van der Waals surface area contributed by atoms with Crippen LogP contribution in [-0.2, 0) is 4.74 Å². The molecule has 3 unspecified atom stereocenters. The Hall–Kier alpha value is -1.52. The van der Waals surface area contributed by atoms with E-state index in [1.807, 2.05) is 18.3 Å². The molecule has 1 saturated heterocycles. The molecule has 27 heavy (non-hydrogen) atoms. The summed E-state index contributed by atoms with van der Waals surface area (Å²) in [5.74, 6) is 2.41. The highest BCUT2D eigenvalue weighted by atomic mass is 35.5. The van der Waals surface area contributed by atoms with Crippen LogP contribution in [0.25, 0.3) is 10.9 Å². The molecule has 2 aliphatic carbocycles. The van der Waals surface area contributed by atoms with Gasteiger partial charge in [-0.25, -0.2) is 0 Å². The number of hydrogen-bond acceptors (Lipinski definition) is 2. The average Bonchev–Trinajstić information content (AvgIpc) is 3.30. The number of rotatable bonds is 4. The maximum absolute atomic E-state index is 13.0. The molecular weight excluding hydrogens is 360 g/mol. The third-order valence-corrected chi connectivity index (χ3v) is 7.37. The lowest BCUT2D eigenvalue weighted by atomic mass is 9.58. The Morgan fingerprint density at radius 1 is 1.26 bits per heavy atom. The fourth-order valence-electron chi connectivity index (χ4n) is 5.55. The Balaban J connectivity index is 1.36. The first-order valence-corrected chi connectivity index (χ1v) is 10.7. The van der Waals surface area contributed by atoms with Gasteiger partial charge in [0.15, 0.2) is 0 Å². The number of amides is 1. The smallest absolute Gasteiger partial charge is 0.253 e. The average molecular weight is 387 g/mol. The van der Waals surface area contributed by atoms with Crippen LogP contribution in [-0.4, -0.2) is 30.2 Å². The maximum Gasteiger partial charge on any atom is 0.253 e. The van der Waals surface area contributed by atoms with E-state index in [0.717, 1.165) is 42.3 Å². The number of halogens is 1. The zero-order chi connectivity index (χ0) is 18.4. The molecule has 0 spiro atoms. The van der Waals surface area contributed by atoms with E-state index in [1.54, 1.807) is 0 Å². The van der Waals surface area contributed by atoms with Gasteiger partial charge in [0, 0.05) is 24.7 Å². The molecule has 0 bridgehead atoms. The van der Waals surface area contributed by atoms with Crippen molar-refractivity contribution in [3.05, 3.63) is 35.0 Å². The molecule has 2 aromatic rings. The molecular formula is C22H27ClN2O2. The van der Waals surface area contributed by atoms with E-state index in [9.17, 15) is 4.79 Å². The first kappa shape index (κ1) is 17.6. The van der Waals surface area contributed by atoms with Crippen LogP contribution in [0.4, 0.5) is 0 Å². The number of carbonyl (C=O) groups excluding carboxylic acids is 1. The molecule has 3 fully saturated rings. The second kappa shape index (κ2) is 7.14. The van der Waals surface area contributed by atoms with Crippen molar-refractivity contribution < 1.29 is 9.53 Å². The summed E-state index contributed by atoms with van der Waals surface area (Å²) in [5, 5.41) is 4.73. The number of nitrogens with zero attached hydrogens (tertiary/aromatic N) is 1. The van der Waals surface area contributed by atoms with Crippen molar-refractivity contribution in [2.75, 3.05) is 19.8 Å². The van der Waals surface area contributed by atoms with Gasteiger partial charge in [-0.15, -0.1) is 0 Å². The van der Waals surface area contributed by atoms with Crippen molar-refractivity contribution in [1.29, 1.82) is 0 Å². The molecule has 4 atom stereocenters. The minimum Gasteiger partial charge on any atom is -0.379 e. The fourth-order valence-corrected chi connectivity index (χ4v) is 5.83. The lowest BCUT2D eigenvalue weighted by molar-refractivity contribution is 0.0295. The molecule has 1 aromatic carbocycles. The molecule has 3 aliphatic rings. The van der Waals surface area contributed by atoms with Gasteiger partial charge in [-0.05, 0) is 49.1 Å². The highest BCUT2D eigenvalue weighted by Crippen LogP contribution is 2.49. The van der Waals surface area contributed by atoms with Gasteiger partial charge in [0.25, 0.3) is 5.91 Å². The summed E-state index contributed by atoms with van der Waals surface area (Å²) in [7, 11) is 0. The second-order valence-corrected chi connectivity index (χ2v) is 8.92. The van der Waals surface area contributed by atoms with E-state index in [2.05, 4.69) is 16.0 Å². The fraction of sp³-hybridized carbons (Fsp3) is 0.591. The molecule has 1 aliphatic heterocycles. The summed E-state index contributed by atoms with van der Waals surface area (Å²) in [6, 6.07) is 6.15. The molecule has 1 N–H and O–H groups in total. The number of nitrogens with one attached hydrogen (secondary N) is 1. The molecule has 1 aromatic heterocycles. The summed E-state index contributed by atoms with van der Waals surface area (Å²) in [6.45, 7) is 2.27. The first-order chi connectivity index (χ1) is 13.2. The summed E-state index contributed by atoms with van der Waals surface area (Å²) >= 11 is 6.49. The number of benzene rings is 1. The molecule has 0 radical (unpaired) electrons. The van der Waals surface area contributed by atoms with Crippen LogP contribution in [0.2, 0.25) is 5.02 Å². The molecule has 2 saturated carbocycles. The third-order valence-electron chi connectivity index (χ3n) is 7.05. The van der Waals surface area contributed by atoms with E-state index in [0.29, 0.717) is 23.1 Å². The Bertz CT molecular complexity index is 855. The lowest BCUT2D eigenvalue weighted by Gasteiger charge is -2.48. The topological polar surface area (TPSA) is 43.3 Å².